The molecular formula is C43H27NO. The zero-order valence-corrected chi connectivity index (χ0v) is 24.4. The Balaban J connectivity index is 1.27. The molecule has 2 nitrogen and oxygen atoms in total. The van der Waals surface area contributed by atoms with Crippen LogP contribution in [0.3, 0.4) is 0 Å². The number of hydrogen-bond acceptors (Lipinski definition) is 1. The van der Waals surface area contributed by atoms with Crippen LogP contribution in [0.25, 0.3) is 49.7 Å². The van der Waals surface area contributed by atoms with Crippen molar-refractivity contribution in [3.05, 3.63) is 186 Å². The molecule has 0 bridgehead atoms. The summed E-state index contributed by atoms with van der Waals surface area (Å²) in [6, 6.07) is 59.2. The van der Waals surface area contributed by atoms with E-state index in [9.17, 15) is 0 Å². The first-order chi connectivity index (χ1) is 22.3. The minimum atomic E-state index is -0.471. The van der Waals surface area contributed by atoms with E-state index in [1.807, 2.05) is 0 Å². The molecule has 1 aliphatic carbocycles. The van der Waals surface area contributed by atoms with Gasteiger partial charge in [-0.1, -0.05) is 127 Å². The van der Waals surface area contributed by atoms with E-state index in [0.717, 1.165) is 28.3 Å². The van der Waals surface area contributed by atoms with Gasteiger partial charge in [0.25, 0.3) is 0 Å². The average molecular weight is 574 g/mol. The fourth-order valence-electron chi connectivity index (χ4n) is 8.10. The second-order valence-corrected chi connectivity index (χ2v) is 12.0. The van der Waals surface area contributed by atoms with E-state index in [2.05, 4.69) is 168 Å². The highest BCUT2D eigenvalue weighted by Gasteiger charge is 2.51. The Hall–Kier alpha value is -5.86. The monoisotopic (exact) mass is 573 g/mol. The van der Waals surface area contributed by atoms with Gasteiger partial charge >= 0.3 is 0 Å². The smallest absolute Gasteiger partial charge is 0.140 e. The predicted molar refractivity (Wildman–Crippen MR) is 184 cm³/mol. The highest BCUT2D eigenvalue weighted by atomic mass is 16.5. The Morgan fingerprint density at radius 3 is 1.82 bits per heavy atom. The third-order valence-electron chi connectivity index (χ3n) is 9.87. The molecule has 8 aromatic rings. The van der Waals surface area contributed by atoms with Crippen LogP contribution in [0.15, 0.2) is 164 Å². The third kappa shape index (κ3) is 3.18. The molecule has 0 saturated heterocycles. The maximum atomic E-state index is 6.95. The van der Waals surface area contributed by atoms with Gasteiger partial charge in [-0.05, 0) is 64.2 Å². The van der Waals surface area contributed by atoms with Gasteiger partial charge in [0.05, 0.1) is 16.4 Å². The van der Waals surface area contributed by atoms with Crippen LogP contribution in [0.5, 0.6) is 11.5 Å². The zero-order valence-electron chi connectivity index (χ0n) is 24.4. The molecule has 2 heteroatoms. The molecule has 0 N–H and O–H groups in total. The number of aromatic nitrogens is 1. The Labute approximate surface area is 261 Å². The van der Waals surface area contributed by atoms with Crippen LogP contribution in [0.1, 0.15) is 22.3 Å². The van der Waals surface area contributed by atoms with Gasteiger partial charge in [0.1, 0.15) is 11.5 Å². The van der Waals surface area contributed by atoms with Gasteiger partial charge in [0.15, 0.2) is 0 Å². The number of hydrogen-bond donors (Lipinski definition) is 0. The fourth-order valence-corrected chi connectivity index (χ4v) is 8.10. The third-order valence-corrected chi connectivity index (χ3v) is 9.87. The van der Waals surface area contributed by atoms with Crippen LogP contribution >= 0.6 is 0 Å². The molecule has 2 aliphatic rings. The van der Waals surface area contributed by atoms with E-state index in [-0.39, 0.29) is 0 Å². The Morgan fingerprint density at radius 1 is 0.422 bits per heavy atom. The van der Waals surface area contributed by atoms with Crippen molar-refractivity contribution in [1.82, 2.24) is 4.57 Å². The standard InChI is InChI=1S/C43H27NO/c1-2-13-29(14-3-1)44-39-23-10-6-17-33(39)34-27-28(25-26-40(34)44)30-18-12-22-38-42(30)45-41-24-11-9-21-37(41)43(38)35-19-7-4-15-31(35)32-16-5-8-20-36(32)43/h1-27H. The summed E-state index contributed by atoms with van der Waals surface area (Å²) in [5, 5.41) is 2.47. The average Bonchev–Trinajstić information content (AvgIpc) is 3.59. The molecule has 0 saturated carbocycles. The van der Waals surface area contributed by atoms with E-state index in [1.165, 1.54) is 55.2 Å². The Morgan fingerprint density at radius 2 is 1.02 bits per heavy atom. The van der Waals surface area contributed by atoms with Crippen molar-refractivity contribution >= 4 is 21.8 Å². The summed E-state index contributed by atoms with van der Waals surface area (Å²) in [5.41, 5.74) is 12.9. The van der Waals surface area contributed by atoms with Crippen LogP contribution in [-0.2, 0) is 5.41 Å². The first-order valence-corrected chi connectivity index (χ1v) is 15.5. The van der Waals surface area contributed by atoms with Crippen LogP contribution in [0.2, 0.25) is 0 Å². The van der Waals surface area contributed by atoms with Gasteiger partial charge in [-0.2, -0.15) is 0 Å². The molecule has 7 aromatic carbocycles. The van der Waals surface area contributed by atoms with E-state index >= 15 is 0 Å². The van der Waals surface area contributed by atoms with Crippen molar-refractivity contribution < 1.29 is 4.74 Å². The van der Waals surface area contributed by atoms with Gasteiger partial charge in [0.2, 0.25) is 0 Å². The molecule has 2 heterocycles. The van der Waals surface area contributed by atoms with E-state index < -0.39 is 5.41 Å². The largest absolute Gasteiger partial charge is 0.456 e. The van der Waals surface area contributed by atoms with Crippen LogP contribution in [-0.4, -0.2) is 4.57 Å². The maximum Gasteiger partial charge on any atom is 0.140 e. The molecular weight excluding hydrogens is 546 g/mol. The second-order valence-electron chi connectivity index (χ2n) is 12.0. The normalized spacial score (nSPS) is 13.7. The van der Waals surface area contributed by atoms with Crippen molar-refractivity contribution in [3.8, 4) is 39.4 Å². The lowest BCUT2D eigenvalue weighted by atomic mass is 9.65. The van der Waals surface area contributed by atoms with E-state index in [1.54, 1.807) is 0 Å². The maximum absolute atomic E-state index is 6.95. The topological polar surface area (TPSA) is 14.2 Å². The molecule has 0 atom stereocenters. The molecule has 10 rings (SSSR count). The summed E-state index contributed by atoms with van der Waals surface area (Å²) < 4.78 is 9.31. The molecule has 0 amide bonds. The van der Waals surface area contributed by atoms with Gasteiger partial charge in [-0.25, -0.2) is 0 Å². The highest BCUT2D eigenvalue weighted by Crippen LogP contribution is 2.63. The molecule has 1 aromatic heterocycles. The lowest BCUT2D eigenvalue weighted by Crippen LogP contribution is -2.32. The lowest BCUT2D eigenvalue weighted by molar-refractivity contribution is 0.438. The van der Waals surface area contributed by atoms with Crippen molar-refractivity contribution in [1.29, 1.82) is 0 Å². The Bertz CT molecular complexity index is 2420. The number of nitrogens with zero attached hydrogens (tertiary/aromatic N) is 1. The molecule has 1 spiro atoms. The summed E-state index contributed by atoms with van der Waals surface area (Å²) >= 11 is 0. The fraction of sp³-hybridized carbons (Fsp3) is 0.0233. The van der Waals surface area contributed by atoms with E-state index in [4.69, 9.17) is 4.74 Å². The lowest BCUT2D eigenvalue weighted by Gasteiger charge is -2.40. The van der Waals surface area contributed by atoms with Crippen molar-refractivity contribution in [2.45, 2.75) is 5.41 Å². The summed E-state index contributed by atoms with van der Waals surface area (Å²) in [6.45, 7) is 0. The zero-order chi connectivity index (χ0) is 29.5. The molecule has 45 heavy (non-hydrogen) atoms. The SMILES string of the molecule is c1ccc(-n2c3ccccc3c3cc(-c4cccc5c4Oc4ccccc4C54c5ccccc5-c5ccccc54)ccc32)cc1. The number of ether oxygens (including phenoxy) is 1. The first kappa shape index (κ1) is 24.6. The number of benzene rings is 7. The summed E-state index contributed by atoms with van der Waals surface area (Å²) in [7, 11) is 0. The van der Waals surface area contributed by atoms with Gasteiger partial charge in [-0.3, -0.25) is 0 Å². The molecule has 210 valence electrons. The quantitative estimate of drug-likeness (QED) is 0.201. The van der Waals surface area contributed by atoms with Crippen LogP contribution < -0.4 is 4.74 Å². The van der Waals surface area contributed by atoms with Crippen LogP contribution in [0.4, 0.5) is 0 Å². The van der Waals surface area contributed by atoms with E-state index in [0.29, 0.717) is 0 Å². The Kier molecular flexibility index (Phi) is 4.95. The van der Waals surface area contributed by atoms with Crippen molar-refractivity contribution in [3.63, 3.8) is 0 Å². The summed E-state index contributed by atoms with van der Waals surface area (Å²) in [5.74, 6) is 1.83. The number of fused-ring (bicyclic) bond motifs is 12. The molecule has 0 unspecified atom stereocenters. The number of rotatable bonds is 2. The van der Waals surface area contributed by atoms with Crippen molar-refractivity contribution in [2.75, 3.05) is 0 Å². The summed E-state index contributed by atoms with van der Waals surface area (Å²) in [6.07, 6.45) is 0. The van der Waals surface area contributed by atoms with Gasteiger partial charge in [0, 0.05) is 33.2 Å². The van der Waals surface area contributed by atoms with Crippen LogP contribution in [0, 0.1) is 0 Å². The van der Waals surface area contributed by atoms with Gasteiger partial charge < -0.3 is 9.30 Å². The molecule has 0 radical (unpaired) electrons. The minimum absolute atomic E-state index is 0.471. The molecule has 0 fully saturated rings. The highest BCUT2D eigenvalue weighted by molar-refractivity contribution is 6.10. The predicted octanol–water partition coefficient (Wildman–Crippen LogP) is 10.9. The first-order valence-electron chi connectivity index (χ1n) is 15.5. The van der Waals surface area contributed by atoms with Gasteiger partial charge in [-0.15, -0.1) is 0 Å². The second kappa shape index (κ2) is 9.07. The summed E-state index contributed by atoms with van der Waals surface area (Å²) in [4.78, 5) is 0. The minimum Gasteiger partial charge on any atom is -0.456 e. The van der Waals surface area contributed by atoms with Crippen molar-refractivity contribution in [2.24, 2.45) is 0 Å². The molecule has 1 aliphatic heterocycles. The number of para-hydroxylation sites is 4.